The molecule has 0 aromatic carbocycles. The van der Waals surface area contributed by atoms with Gasteiger partial charge in [0.15, 0.2) is 0 Å². The third-order valence-corrected chi connectivity index (χ3v) is 2.92. The lowest BCUT2D eigenvalue weighted by Crippen LogP contribution is -2.19. The average Bonchev–Trinajstić information content (AvgIpc) is 2.30. The van der Waals surface area contributed by atoms with Crippen molar-refractivity contribution < 1.29 is 13.2 Å². The first-order chi connectivity index (χ1) is 5.90. The van der Waals surface area contributed by atoms with Crippen LogP contribution in [0.4, 0.5) is 13.2 Å². The molecule has 6 heteroatoms. The third kappa shape index (κ3) is 3.17. The maximum atomic E-state index is 11.9. The van der Waals surface area contributed by atoms with E-state index < -0.39 is 18.6 Å². The summed E-state index contributed by atoms with van der Waals surface area (Å²) in [6, 6.07) is 0.491. The first-order valence-corrected chi connectivity index (χ1v) is 4.71. The number of nitrogens with two attached hydrogens (primary N) is 1. The fourth-order valence-corrected chi connectivity index (χ4v) is 2.11. The Morgan fingerprint density at radius 1 is 1.54 bits per heavy atom. The Morgan fingerprint density at radius 2 is 2.15 bits per heavy atom. The zero-order valence-electron chi connectivity index (χ0n) is 6.44. The summed E-state index contributed by atoms with van der Waals surface area (Å²) in [4.78, 5) is 0.388. The summed E-state index contributed by atoms with van der Waals surface area (Å²) in [7, 11) is 0. The summed E-state index contributed by atoms with van der Waals surface area (Å²) in [5, 5.41) is 1.93. The molecule has 1 atom stereocenters. The van der Waals surface area contributed by atoms with Crippen LogP contribution >= 0.6 is 22.9 Å². The Bertz CT molecular complexity index is 284. The fourth-order valence-electron chi connectivity index (χ4n) is 0.912. The summed E-state index contributed by atoms with van der Waals surface area (Å²) in [6.45, 7) is 0. The van der Waals surface area contributed by atoms with Crippen molar-refractivity contribution in [3.05, 3.63) is 21.3 Å². The van der Waals surface area contributed by atoms with Gasteiger partial charge in [-0.15, -0.1) is 11.3 Å². The van der Waals surface area contributed by atoms with Gasteiger partial charge in [-0.1, -0.05) is 11.6 Å². The smallest absolute Gasteiger partial charge is 0.323 e. The second kappa shape index (κ2) is 3.86. The molecule has 0 aliphatic carbocycles. The van der Waals surface area contributed by atoms with Crippen LogP contribution in [0.5, 0.6) is 0 Å². The van der Waals surface area contributed by atoms with E-state index in [1.807, 2.05) is 0 Å². The Kier molecular flexibility index (Phi) is 3.21. The van der Waals surface area contributed by atoms with E-state index in [-0.39, 0.29) is 0 Å². The molecule has 2 N–H and O–H groups in total. The van der Waals surface area contributed by atoms with Crippen LogP contribution in [0.2, 0.25) is 5.02 Å². The van der Waals surface area contributed by atoms with Crippen molar-refractivity contribution in [2.24, 2.45) is 5.73 Å². The minimum absolute atomic E-state index is 0.307. The topological polar surface area (TPSA) is 26.0 Å². The van der Waals surface area contributed by atoms with Crippen LogP contribution in [0.1, 0.15) is 17.3 Å². The van der Waals surface area contributed by atoms with E-state index in [2.05, 4.69) is 0 Å². The fraction of sp³-hybridized carbons (Fsp3) is 0.429. The van der Waals surface area contributed by atoms with Gasteiger partial charge in [0.2, 0.25) is 0 Å². The van der Waals surface area contributed by atoms with Gasteiger partial charge in [-0.05, 0) is 11.4 Å². The molecule has 74 valence electrons. The van der Waals surface area contributed by atoms with Gasteiger partial charge in [0.05, 0.1) is 11.4 Å². The molecule has 1 heterocycles. The van der Waals surface area contributed by atoms with Crippen LogP contribution in [-0.2, 0) is 0 Å². The second-order valence-corrected chi connectivity index (χ2v) is 3.91. The molecule has 0 unspecified atom stereocenters. The largest absolute Gasteiger partial charge is 0.390 e. The lowest BCUT2D eigenvalue weighted by atomic mass is 10.2. The van der Waals surface area contributed by atoms with Crippen molar-refractivity contribution in [1.82, 2.24) is 0 Å². The van der Waals surface area contributed by atoms with Gasteiger partial charge in [0, 0.05) is 10.9 Å². The van der Waals surface area contributed by atoms with E-state index >= 15 is 0 Å². The van der Waals surface area contributed by atoms with Gasteiger partial charge >= 0.3 is 6.18 Å². The van der Waals surface area contributed by atoms with Gasteiger partial charge in [0.25, 0.3) is 0 Å². The predicted octanol–water partition coefficient (Wildman–Crippen LogP) is 3.35. The summed E-state index contributed by atoms with van der Waals surface area (Å²) in [5.41, 5.74) is 5.33. The number of hydrogen-bond donors (Lipinski definition) is 1. The van der Waals surface area contributed by atoms with Crippen LogP contribution in [0.25, 0.3) is 0 Å². The maximum absolute atomic E-state index is 11.9. The normalized spacial score (nSPS) is 14.5. The highest BCUT2D eigenvalue weighted by Gasteiger charge is 2.31. The Hall–Kier alpha value is -0.260. The quantitative estimate of drug-likeness (QED) is 0.827. The average molecular weight is 230 g/mol. The van der Waals surface area contributed by atoms with E-state index in [9.17, 15) is 13.2 Å². The summed E-state index contributed by atoms with van der Waals surface area (Å²) in [5.74, 6) is 0. The number of hydrogen-bond acceptors (Lipinski definition) is 2. The number of halogens is 4. The summed E-state index contributed by atoms with van der Waals surface area (Å²) < 4.78 is 35.7. The first-order valence-electron chi connectivity index (χ1n) is 3.45. The monoisotopic (exact) mass is 229 g/mol. The first kappa shape index (κ1) is 10.8. The molecular weight excluding hydrogens is 223 g/mol. The van der Waals surface area contributed by atoms with E-state index in [1.165, 1.54) is 6.07 Å². The van der Waals surface area contributed by atoms with E-state index in [1.54, 1.807) is 5.38 Å². The molecule has 0 bridgehead atoms. The molecule has 0 amide bonds. The molecule has 0 aliphatic heterocycles. The number of thiophene rings is 1. The number of rotatable bonds is 2. The van der Waals surface area contributed by atoms with E-state index in [0.29, 0.717) is 9.90 Å². The summed E-state index contributed by atoms with van der Waals surface area (Å²) in [6.07, 6.45) is -5.28. The van der Waals surface area contributed by atoms with Gasteiger partial charge in [-0.25, -0.2) is 0 Å². The highest BCUT2D eigenvalue weighted by atomic mass is 35.5. The Labute approximate surface area is 82.3 Å². The molecular formula is C7H7ClF3NS. The molecule has 1 nitrogen and oxygen atoms in total. The highest BCUT2D eigenvalue weighted by Crippen LogP contribution is 2.34. The molecule has 1 rings (SSSR count). The van der Waals surface area contributed by atoms with Crippen molar-refractivity contribution in [3.8, 4) is 0 Å². The Morgan fingerprint density at radius 3 is 2.54 bits per heavy atom. The van der Waals surface area contributed by atoms with Gasteiger partial charge in [0.1, 0.15) is 0 Å². The van der Waals surface area contributed by atoms with Crippen molar-refractivity contribution in [3.63, 3.8) is 0 Å². The molecule has 0 aliphatic rings. The zero-order valence-corrected chi connectivity index (χ0v) is 8.01. The SMILES string of the molecule is N[C@H](CC(F)(F)F)c1sccc1Cl. The van der Waals surface area contributed by atoms with Gasteiger partial charge < -0.3 is 5.73 Å². The second-order valence-electron chi connectivity index (χ2n) is 2.56. The van der Waals surface area contributed by atoms with Gasteiger partial charge in [-0.3, -0.25) is 0 Å². The van der Waals surface area contributed by atoms with Crippen LogP contribution in [0.3, 0.4) is 0 Å². The molecule has 0 saturated carbocycles. The van der Waals surface area contributed by atoms with Crippen molar-refractivity contribution in [2.45, 2.75) is 18.6 Å². The number of alkyl halides is 3. The molecule has 0 fully saturated rings. The van der Waals surface area contributed by atoms with Gasteiger partial charge in [-0.2, -0.15) is 13.2 Å². The maximum Gasteiger partial charge on any atom is 0.390 e. The molecule has 0 radical (unpaired) electrons. The minimum Gasteiger partial charge on any atom is -0.323 e. The van der Waals surface area contributed by atoms with Crippen LogP contribution in [0.15, 0.2) is 11.4 Å². The van der Waals surface area contributed by atoms with Crippen molar-refractivity contribution >= 4 is 22.9 Å². The lowest BCUT2D eigenvalue weighted by molar-refractivity contribution is -0.138. The van der Waals surface area contributed by atoms with E-state index in [4.69, 9.17) is 17.3 Å². The molecule has 0 saturated heterocycles. The molecule has 1 aromatic heterocycles. The van der Waals surface area contributed by atoms with Crippen LogP contribution in [-0.4, -0.2) is 6.18 Å². The standard InChI is InChI=1S/C7H7ClF3NS/c8-4-1-2-13-6(4)5(12)3-7(9,10)11/h1-2,5H,3,12H2/t5-/m1/s1. The third-order valence-electron chi connectivity index (χ3n) is 1.43. The summed E-state index contributed by atoms with van der Waals surface area (Å²) >= 11 is 6.77. The van der Waals surface area contributed by atoms with Crippen molar-refractivity contribution in [2.75, 3.05) is 0 Å². The molecule has 0 spiro atoms. The Balaban J connectivity index is 2.69. The van der Waals surface area contributed by atoms with Crippen molar-refractivity contribution in [1.29, 1.82) is 0 Å². The van der Waals surface area contributed by atoms with Crippen LogP contribution in [0, 0.1) is 0 Å². The molecule has 1 aromatic rings. The minimum atomic E-state index is -4.24. The van der Waals surface area contributed by atoms with Crippen LogP contribution < -0.4 is 5.73 Å². The molecule has 13 heavy (non-hydrogen) atoms. The zero-order chi connectivity index (χ0) is 10.1. The highest BCUT2D eigenvalue weighted by molar-refractivity contribution is 7.10. The lowest BCUT2D eigenvalue weighted by Gasteiger charge is -2.12. The van der Waals surface area contributed by atoms with E-state index in [0.717, 1.165) is 11.3 Å². The predicted molar refractivity (Wildman–Crippen MR) is 46.9 cm³/mol.